The van der Waals surface area contributed by atoms with Crippen molar-refractivity contribution in [3.8, 4) is 0 Å². The van der Waals surface area contributed by atoms with Crippen molar-refractivity contribution in [3.63, 3.8) is 0 Å². The third-order valence-electron chi connectivity index (χ3n) is 2.58. The first-order valence-electron chi connectivity index (χ1n) is 6.52. The van der Waals surface area contributed by atoms with Gasteiger partial charge in [0.05, 0.1) is 6.61 Å². The zero-order chi connectivity index (χ0) is 20.5. The predicted octanol–water partition coefficient (Wildman–Crippen LogP) is -1.56. The number of nitrogens with two attached hydrogens (primary N) is 1. The third-order valence-corrected chi connectivity index (χ3v) is 6.38. The van der Waals surface area contributed by atoms with Crippen LogP contribution in [0.2, 0.25) is 0 Å². The van der Waals surface area contributed by atoms with Crippen LogP contribution in [0.3, 0.4) is 0 Å². The predicted molar refractivity (Wildman–Crippen MR) is 80.4 cm³/mol. The minimum Gasteiger partial charge on any atom is -0.368 e. The van der Waals surface area contributed by atoms with E-state index in [-0.39, 0.29) is 12.6 Å². The van der Waals surface area contributed by atoms with E-state index in [2.05, 4.69) is 23.1 Å². The summed E-state index contributed by atoms with van der Waals surface area (Å²) in [4.78, 5) is 53.7. The van der Waals surface area contributed by atoms with Gasteiger partial charge in [0.1, 0.15) is 12.9 Å². The Hall–Kier alpha value is -1.06. The molecule has 0 bridgehead atoms. The number of rotatable bonds is 8. The first-order valence-corrected chi connectivity index (χ1v) is 11.0. The van der Waals surface area contributed by atoms with Gasteiger partial charge in [0, 0.05) is 0 Å². The van der Waals surface area contributed by atoms with E-state index < -0.39 is 48.3 Å². The van der Waals surface area contributed by atoms with E-state index >= 15 is 0 Å². The Morgan fingerprint density at radius 1 is 1.22 bits per heavy atom. The van der Waals surface area contributed by atoms with E-state index in [1.165, 1.54) is 0 Å². The van der Waals surface area contributed by atoms with Crippen molar-refractivity contribution in [1.82, 2.24) is 14.5 Å². The fraction of sp³-hybridized carbons (Fsp3) is 0.571. The van der Waals surface area contributed by atoms with Crippen LogP contribution in [-0.4, -0.2) is 53.6 Å². The highest BCUT2D eigenvalue weighted by Gasteiger charge is 2.41. The van der Waals surface area contributed by atoms with Crippen LogP contribution in [0.25, 0.3) is 0 Å². The van der Waals surface area contributed by atoms with Crippen LogP contribution in [0.4, 0.5) is 5.95 Å². The topological polar surface area (TPSA) is 252 Å². The lowest BCUT2D eigenvalue weighted by Gasteiger charge is -2.17. The molecule has 0 aliphatic carbocycles. The molecule has 0 aromatic carbocycles. The minimum atomic E-state index is -5.62. The average molecular weight is 454 g/mol. The van der Waals surface area contributed by atoms with E-state index in [0.29, 0.717) is 0 Å². The maximum Gasteiger partial charge on any atom is 0.490 e. The molecule has 1 aliphatic heterocycles. The van der Waals surface area contributed by atoms with Gasteiger partial charge < -0.3 is 34.8 Å². The van der Waals surface area contributed by atoms with E-state index in [9.17, 15) is 23.4 Å². The quantitative estimate of drug-likeness (QED) is 0.278. The van der Waals surface area contributed by atoms with Gasteiger partial charge in [-0.1, -0.05) is 0 Å². The van der Waals surface area contributed by atoms with Crippen LogP contribution in [-0.2, 0) is 36.3 Å². The lowest BCUT2D eigenvalue weighted by molar-refractivity contribution is -0.0975. The smallest absolute Gasteiger partial charge is 0.368 e. The Balaban J connectivity index is 1.91. The van der Waals surface area contributed by atoms with E-state index in [4.69, 9.17) is 29.9 Å². The number of aromatic nitrogens is 3. The van der Waals surface area contributed by atoms with Gasteiger partial charge in [-0.25, -0.2) is 23.5 Å². The van der Waals surface area contributed by atoms with Gasteiger partial charge in [-0.2, -0.15) is 13.6 Å². The number of ether oxygens (including phenoxy) is 2. The lowest BCUT2D eigenvalue weighted by atomic mass is 10.6. The number of hydrogen-bond donors (Lipinski definition) is 5. The molecule has 2 rings (SSSR count). The van der Waals surface area contributed by atoms with Crippen LogP contribution >= 0.6 is 23.5 Å². The molecule has 17 nitrogen and oxygen atoms in total. The SMILES string of the molecule is Nc1ncn([C@H]2CO[C@@H](COP(=O)(O)OP(=O)(O)OP(=O)(O)O)O2)c(=O)n1. The normalized spacial score (nSPS) is 25.0. The zero-order valence-electron chi connectivity index (χ0n) is 12.9. The molecule has 2 heterocycles. The highest BCUT2D eigenvalue weighted by atomic mass is 31.3. The second kappa shape index (κ2) is 8.13. The molecule has 1 fully saturated rings. The monoisotopic (exact) mass is 454 g/mol. The Kier molecular flexibility index (Phi) is 6.69. The maximum absolute atomic E-state index is 11.6. The molecule has 6 N–H and O–H groups in total. The summed E-state index contributed by atoms with van der Waals surface area (Å²) in [6, 6.07) is 0. The molecule has 1 saturated heterocycles. The highest BCUT2D eigenvalue weighted by molar-refractivity contribution is 7.66. The number of phosphoric acid groups is 3. The molecule has 1 aromatic heterocycles. The van der Waals surface area contributed by atoms with Gasteiger partial charge in [-0.05, 0) is 0 Å². The summed E-state index contributed by atoms with van der Waals surface area (Å²) in [5.41, 5.74) is 4.43. The molecule has 27 heavy (non-hydrogen) atoms. The fourth-order valence-corrected chi connectivity index (χ4v) is 4.69. The third kappa shape index (κ3) is 7.12. The standard InChI is InChI=1S/C7H13N4O13P3/c8-6-9-3-11(7(12)10-6)4-1-20-5(22-4)2-21-26(16,17)24-27(18,19)23-25(13,14)15/h3-5H,1-2H2,(H,16,17)(H,18,19)(H2,8,10,12)(H2,13,14,15)/t4-,5-/m1/s1. The molecule has 20 heteroatoms. The molecule has 1 aromatic rings. The van der Waals surface area contributed by atoms with Crippen molar-refractivity contribution in [2.24, 2.45) is 0 Å². The molecular weight excluding hydrogens is 441 g/mol. The molecule has 1 aliphatic rings. The Labute approximate surface area is 149 Å². The lowest BCUT2D eigenvalue weighted by Crippen LogP contribution is -2.29. The minimum absolute atomic E-state index is 0.211. The van der Waals surface area contributed by atoms with Crippen molar-refractivity contribution >= 4 is 29.4 Å². The zero-order valence-corrected chi connectivity index (χ0v) is 15.6. The van der Waals surface area contributed by atoms with Crippen LogP contribution in [0.1, 0.15) is 6.23 Å². The summed E-state index contributed by atoms with van der Waals surface area (Å²) in [6.45, 7) is -1.04. The van der Waals surface area contributed by atoms with Crippen molar-refractivity contribution in [2.45, 2.75) is 12.5 Å². The number of hydrogen-bond acceptors (Lipinski definition) is 12. The largest absolute Gasteiger partial charge is 0.490 e. The van der Waals surface area contributed by atoms with Crippen molar-refractivity contribution < 1.29 is 55.9 Å². The molecule has 0 radical (unpaired) electrons. The van der Waals surface area contributed by atoms with Gasteiger partial charge >= 0.3 is 29.2 Å². The van der Waals surface area contributed by atoms with Gasteiger partial charge in [-0.3, -0.25) is 9.09 Å². The highest BCUT2D eigenvalue weighted by Crippen LogP contribution is 2.66. The van der Waals surface area contributed by atoms with Gasteiger partial charge in [-0.15, -0.1) is 0 Å². The summed E-state index contributed by atoms with van der Waals surface area (Å²) in [6.07, 6.45) is -1.31. The van der Waals surface area contributed by atoms with Crippen LogP contribution in [0, 0.1) is 0 Å². The molecule has 4 atom stereocenters. The molecule has 2 unspecified atom stereocenters. The fourth-order valence-electron chi connectivity index (χ4n) is 1.69. The van der Waals surface area contributed by atoms with Crippen molar-refractivity contribution in [3.05, 3.63) is 16.8 Å². The van der Waals surface area contributed by atoms with Crippen LogP contribution < -0.4 is 11.4 Å². The molecular formula is C7H13N4O13P3. The van der Waals surface area contributed by atoms with E-state index in [1.54, 1.807) is 0 Å². The summed E-state index contributed by atoms with van der Waals surface area (Å²) < 4.78 is 55.8. The Morgan fingerprint density at radius 2 is 1.89 bits per heavy atom. The van der Waals surface area contributed by atoms with Crippen LogP contribution in [0.5, 0.6) is 0 Å². The number of phosphoric ester groups is 1. The summed E-state index contributed by atoms with van der Waals surface area (Å²) in [5.74, 6) is -0.264. The second-order valence-corrected chi connectivity index (χ2v) is 9.06. The summed E-state index contributed by atoms with van der Waals surface area (Å²) in [5, 5.41) is 0. The summed E-state index contributed by atoms with van der Waals surface area (Å²) in [7, 11) is -16.4. The van der Waals surface area contributed by atoms with Crippen LogP contribution in [0.15, 0.2) is 11.1 Å². The van der Waals surface area contributed by atoms with Crippen molar-refractivity contribution in [2.75, 3.05) is 18.9 Å². The number of anilines is 1. The van der Waals surface area contributed by atoms with Gasteiger partial charge in [0.2, 0.25) is 5.95 Å². The van der Waals surface area contributed by atoms with Crippen molar-refractivity contribution in [1.29, 1.82) is 0 Å². The van der Waals surface area contributed by atoms with E-state index in [1.807, 2.05) is 0 Å². The second-order valence-electron chi connectivity index (χ2n) is 4.64. The Bertz CT molecular complexity index is 883. The first-order chi connectivity index (χ1) is 12.3. The molecule has 0 spiro atoms. The maximum atomic E-state index is 11.6. The number of nitrogen functional groups attached to an aromatic ring is 1. The Morgan fingerprint density at radius 3 is 2.48 bits per heavy atom. The first kappa shape index (κ1) is 22.2. The average Bonchev–Trinajstić information content (AvgIpc) is 2.90. The molecule has 154 valence electrons. The van der Waals surface area contributed by atoms with Gasteiger partial charge in [0.15, 0.2) is 12.5 Å². The summed E-state index contributed by atoms with van der Waals surface area (Å²) >= 11 is 0. The van der Waals surface area contributed by atoms with Gasteiger partial charge in [0.25, 0.3) is 0 Å². The van der Waals surface area contributed by atoms with E-state index in [0.717, 1.165) is 10.9 Å². The molecule has 0 saturated carbocycles. The number of nitrogens with zero attached hydrogens (tertiary/aromatic N) is 3. The molecule has 0 amide bonds.